The first-order valence-corrected chi connectivity index (χ1v) is 8.79. The van der Waals surface area contributed by atoms with Crippen molar-refractivity contribution in [3.05, 3.63) is 71.3 Å². The molecule has 1 aliphatic rings. The zero-order valence-corrected chi connectivity index (χ0v) is 14.2. The molecule has 0 saturated carbocycles. The van der Waals surface area contributed by atoms with Crippen molar-refractivity contribution in [1.29, 1.82) is 0 Å². The van der Waals surface area contributed by atoms with E-state index in [4.69, 9.17) is 0 Å². The summed E-state index contributed by atoms with van der Waals surface area (Å²) in [4.78, 5) is 25.9. The molecule has 1 amide bonds. The van der Waals surface area contributed by atoms with Crippen LogP contribution in [-0.4, -0.2) is 35.0 Å². The Morgan fingerprint density at radius 1 is 1.00 bits per heavy atom. The first-order chi connectivity index (χ1) is 12.1. The Labute approximate surface area is 148 Å². The summed E-state index contributed by atoms with van der Waals surface area (Å²) in [5.41, 5.74) is 2.96. The van der Waals surface area contributed by atoms with Gasteiger partial charge in [-0.15, -0.1) is 0 Å². The number of rotatable bonds is 5. The summed E-state index contributed by atoms with van der Waals surface area (Å²) in [6.45, 7) is 0.941. The van der Waals surface area contributed by atoms with Crippen LogP contribution in [0.4, 0.5) is 0 Å². The number of amides is 1. The number of carboxylic acids is 1. The second-order valence-corrected chi connectivity index (χ2v) is 6.57. The van der Waals surface area contributed by atoms with E-state index in [-0.39, 0.29) is 5.91 Å². The topological polar surface area (TPSA) is 57.6 Å². The standard InChI is InChI=1S/C21H23NO3/c23-20(22-14-6-10-18(15-22)21(24)25)19-11-5-4-9-17(19)13-12-16-7-2-1-3-8-16/h1-5,7-9,11,18H,6,10,12-15H2,(H,24,25). The molecule has 3 rings (SSSR count). The number of aryl methyl sites for hydroxylation is 2. The van der Waals surface area contributed by atoms with Crippen molar-refractivity contribution in [2.24, 2.45) is 5.92 Å². The molecule has 0 bridgehead atoms. The Bertz CT molecular complexity index is 742. The average molecular weight is 337 g/mol. The molecule has 4 nitrogen and oxygen atoms in total. The maximum absolute atomic E-state index is 12.9. The normalized spacial score (nSPS) is 17.3. The van der Waals surface area contributed by atoms with Crippen LogP contribution in [0.5, 0.6) is 0 Å². The first kappa shape index (κ1) is 17.2. The summed E-state index contributed by atoms with van der Waals surface area (Å²) in [5, 5.41) is 9.24. The number of piperidine rings is 1. The Balaban J connectivity index is 1.73. The average Bonchev–Trinajstić information content (AvgIpc) is 2.67. The molecule has 130 valence electrons. The molecule has 0 aromatic heterocycles. The van der Waals surface area contributed by atoms with E-state index in [0.29, 0.717) is 25.1 Å². The van der Waals surface area contributed by atoms with Crippen LogP contribution in [0.25, 0.3) is 0 Å². The molecular weight excluding hydrogens is 314 g/mol. The highest BCUT2D eigenvalue weighted by atomic mass is 16.4. The van der Waals surface area contributed by atoms with Gasteiger partial charge >= 0.3 is 5.97 Å². The molecule has 0 radical (unpaired) electrons. The fraction of sp³-hybridized carbons (Fsp3) is 0.333. The minimum absolute atomic E-state index is 0.0467. The van der Waals surface area contributed by atoms with Crippen molar-refractivity contribution in [2.75, 3.05) is 13.1 Å². The molecule has 1 unspecified atom stereocenters. The van der Waals surface area contributed by atoms with Crippen LogP contribution >= 0.6 is 0 Å². The molecule has 4 heteroatoms. The van der Waals surface area contributed by atoms with Gasteiger partial charge in [-0.05, 0) is 42.9 Å². The molecule has 1 N–H and O–H groups in total. The number of benzene rings is 2. The maximum atomic E-state index is 12.9. The van der Waals surface area contributed by atoms with E-state index in [9.17, 15) is 14.7 Å². The van der Waals surface area contributed by atoms with Gasteiger partial charge in [-0.3, -0.25) is 9.59 Å². The second kappa shape index (κ2) is 7.97. The van der Waals surface area contributed by atoms with Crippen molar-refractivity contribution in [3.63, 3.8) is 0 Å². The van der Waals surface area contributed by atoms with Crippen molar-refractivity contribution < 1.29 is 14.7 Å². The Morgan fingerprint density at radius 3 is 2.48 bits per heavy atom. The largest absolute Gasteiger partial charge is 0.481 e. The van der Waals surface area contributed by atoms with Gasteiger partial charge in [0, 0.05) is 18.7 Å². The number of carboxylic acid groups (broad SMARTS) is 1. The minimum atomic E-state index is -0.810. The van der Waals surface area contributed by atoms with E-state index in [1.165, 1.54) is 5.56 Å². The summed E-state index contributed by atoms with van der Waals surface area (Å²) in [5.74, 6) is -1.31. The molecule has 1 atom stereocenters. The third-order valence-corrected chi connectivity index (χ3v) is 4.83. The summed E-state index contributed by atoms with van der Waals surface area (Å²) in [6, 6.07) is 17.9. The fourth-order valence-electron chi connectivity index (χ4n) is 3.40. The molecule has 25 heavy (non-hydrogen) atoms. The SMILES string of the molecule is O=C(O)C1CCCN(C(=O)c2ccccc2CCc2ccccc2)C1. The van der Waals surface area contributed by atoms with E-state index in [1.54, 1.807) is 4.90 Å². The summed E-state index contributed by atoms with van der Waals surface area (Å²) in [7, 11) is 0. The molecule has 2 aromatic carbocycles. The smallest absolute Gasteiger partial charge is 0.308 e. The van der Waals surface area contributed by atoms with Crippen LogP contribution in [-0.2, 0) is 17.6 Å². The van der Waals surface area contributed by atoms with Gasteiger partial charge in [0.1, 0.15) is 0 Å². The summed E-state index contributed by atoms with van der Waals surface area (Å²) >= 11 is 0. The molecule has 0 spiro atoms. The number of hydrogen-bond donors (Lipinski definition) is 1. The van der Waals surface area contributed by atoms with Crippen molar-refractivity contribution in [1.82, 2.24) is 4.90 Å². The molecule has 0 aliphatic carbocycles. The lowest BCUT2D eigenvalue weighted by Crippen LogP contribution is -2.42. The van der Waals surface area contributed by atoms with E-state index in [1.807, 2.05) is 42.5 Å². The van der Waals surface area contributed by atoms with Gasteiger partial charge in [-0.2, -0.15) is 0 Å². The van der Waals surface area contributed by atoms with E-state index < -0.39 is 11.9 Å². The number of likely N-dealkylation sites (tertiary alicyclic amines) is 1. The van der Waals surface area contributed by atoms with Crippen LogP contribution in [0.3, 0.4) is 0 Å². The molecule has 1 saturated heterocycles. The minimum Gasteiger partial charge on any atom is -0.481 e. The quantitative estimate of drug-likeness (QED) is 0.909. The van der Waals surface area contributed by atoms with Gasteiger partial charge in [-0.25, -0.2) is 0 Å². The lowest BCUT2D eigenvalue weighted by molar-refractivity contribution is -0.143. The van der Waals surface area contributed by atoms with Gasteiger partial charge in [-0.1, -0.05) is 48.5 Å². The predicted molar refractivity (Wildman–Crippen MR) is 96.6 cm³/mol. The highest BCUT2D eigenvalue weighted by Gasteiger charge is 2.29. The predicted octanol–water partition coefficient (Wildman–Crippen LogP) is 3.41. The summed E-state index contributed by atoms with van der Waals surface area (Å²) < 4.78 is 0. The lowest BCUT2D eigenvalue weighted by atomic mass is 9.95. The second-order valence-electron chi connectivity index (χ2n) is 6.57. The molecule has 2 aromatic rings. The highest BCUT2D eigenvalue weighted by Crippen LogP contribution is 2.21. The first-order valence-electron chi connectivity index (χ1n) is 8.79. The summed E-state index contributed by atoms with van der Waals surface area (Å²) in [6.07, 6.45) is 3.06. The molecule has 1 fully saturated rings. The van der Waals surface area contributed by atoms with Crippen LogP contribution in [0.1, 0.15) is 34.3 Å². The Hall–Kier alpha value is -2.62. The van der Waals surface area contributed by atoms with Crippen LogP contribution in [0.2, 0.25) is 0 Å². The van der Waals surface area contributed by atoms with Crippen LogP contribution < -0.4 is 0 Å². The van der Waals surface area contributed by atoms with Gasteiger partial charge < -0.3 is 10.0 Å². The van der Waals surface area contributed by atoms with Crippen LogP contribution in [0, 0.1) is 5.92 Å². The lowest BCUT2D eigenvalue weighted by Gasteiger charge is -2.31. The number of carbonyl (C=O) groups excluding carboxylic acids is 1. The molecular formula is C21H23NO3. The molecule has 1 aliphatic heterocycles. The van der Waals surface area contributed by atoms with E-state index in [2.05, 4.69) is 12.1 Å². The van der Waals surface area contributed by atoms with Gasteiger partial charge in [0.05, 0.1) is 5.92 Å². The zero-order chi connectivity index (χ0) is 17.6. The van der Waals surface area contributed by atoms with E-state index >= 15 is 0 Å². The third-order valence-electron chi connectivity index (χ3n) is 4.83. The highest BCUT2D eigenvalue weighted by molar-refractivity contribution is 5.96. The van der Waals surface area contributed by atoms with Gasteiger partial charge in [0.15, 0.2) is 0 Å². The van der Waals surface area contributed by atoms with E-state index in [0.717, 1.165) is 24.8 Å². The van der Waals surface area contributed by atoms with Crippen LogP contribution in [0.15, 0.2) is 54.6 Å². The van der Waals surface area contributed by atoms with Crippen molar-refractivity contribution in [3.8, 4) is 0 Å². The molecule has 1 heterocycles. The van der Waals surface area contributed by atoms with Crippen molar-refractivity contribution >= 4 is 11.9 Å². The third kappa shape index (κ3) is 4.27. The van der Waals surface area contributed by atoms with Crippen molar-refractivity contribution in [2.45, 2.75) is 25.7 Å². The van der Waals surface area contributed by atoms with Gasteiger partial charge in [0.2, 0.25) is 0 Å². The Kier molecular flexibility index (Phi) is 5.49. The van der Waals surface area contributed by atoms with Gasteiger partial charge in [0.25, 0.3) is 5.91 Å². The monoisotopic (exact) mass is 337 g/mol. The number of hydrogen-bond acceptors (Lipinski definition) is 2. The maximum Gasteiger partial charge on any atom is 0.308 e. The zero-order valence-electron chi connectivity index (χ0n) is 14.2. The number of nitrogens with zero attached hydrogens (tertiary/aromatic N) is 1. The fourth-order valence-corrected chi connectivity index (χ4v) is 3.40. The Morgan fingerprint density at radius 2 is 1.72 bits per heavy atom. The number of carbonyl (C=O) groups is 2. The number of aliphatic carboxylic acids is 1.